The van der Waals surface area contributed by atoms with Crippen LogP contribution in [0.25, 0.3) is 0 Å². The van der Waals surface area contributed by atoms with Crippen molar-refractivity contribution in [1.29, 1.82) is 0 Å². The van der Waals surface area contributed by atoms with E-state index in [2.05, 4.69) is 17.2 Å². The molecule has 1 aromatic carbocycles. The number of nitrogens with one attached hydrogen (secondary N) is 2. The fraction of sp³-hybridized carbons (Fsp3) is 0.333. The molecule has 1 rings (SSSR count). The highest BCUT2D eigenvalue weighted by molar-refractivity contribution is 5.87. The van der Waals surface area contributed by atoms with Crippen molar-refractivity contribution in [2.24, 2.45) is 0 Å². The van der Waals surface area contributed by atoms with Crippen LogP contribution in [-0.2, 0) is 15.8 Å². The monoisotopic (exact) mass is 330 g/mol. The molecule has 0 spiro atoms. The first-order valence-corrected chi connectivity index (χ1v) is 6.77. The molecule has 3 N–H and O–H groups in total. The van der Waals surface area contributed by atoms with E-state index in [-0.39, 0.29) is 25.1 Å². The number of carbonyl (C=O) groups is 2. The Morgan fingerprint density at radius 3 is 2.52 bits per heavy atom. The molecule has 1 aromatic rings. The molecule has 8 heteroatoms. The van der Waals surface area contributed by atoms with E-state index in [0.717, 1.165) is 18.2 Å². The van der Waals surface area contributed by atoms with Crippen molar-refractivity contribution in [2.75, 3.05) is 13.1 Å². The third-order valence-corrected chi connectivity index (χ3v) is 2.95. The highest BCUT2D eigenvalue weighted by Gasteiger charge is 2.34. The van der Waals surface area contributed by atoms with E-state index in [4.69, 9.17) is 0 Å². The van der Waals surface area contributed by atoms with Crippen LogP contribution in [0.2, 0.25) is 0 Å². The first-order chi connectivity index (χ1) is 10.8. The second-order valence-electron chi connectivity index (χ2n) is 4.65. The molecule has 0 saturated carbocycles. The Kier molecular flexibility index (Phi) is 6.77. The minimum atomic E-state index is -4.59. The van der Waals surface area contributed by atoms with Gasteiger partial charge in [0.25, 0.3) is 0 Å². The summed E-state index contributed by atoms with van der Waals surface area (Å²) in [5.41, 5.74) is -1.25. The molecule has 23 heavy (non-hydrogen) atoms. The third kappa shape index (κ3) is 6.11. The van der Waals surface area contributed by atoms with Crippen molar-refractivity contribution in [3.05, 3.63) is 48.0 Å². The summed E-state index contributed by atoms with van der Waals surface area (Å²) in [5.74, 6) is -0.935. The van der Waals surface area contributed by atoms with Gasteiger partial charge in [0, 0.05) is 19.5 Å². The normalized spacial score (nSPS) is 12.3. The standard InChI is InChI=1S/C15H17F3N2O3/c1-2-13(22)19-8-7-14(23)20-9-12(21)10-5-3-4-6-11(10)15(16,17)18/h2-6,12,21H,1,7-9H2,(H,19,22)(H,20,23). The number of hydrogen-bond acceptors (Lipinski definition) is 3. The maximum absolute atomic E-state index is 12.8. The smallest absolute Gasteiger partial charge is 0.387 e. The minimum absolute atomic E-state index is 0.0614. The van der Waals surface area contributed by atoms with Crippen LogP contribution in [0.1, 0.15) is 23.7 Å². The number of rotatable bonds is 7. The van der Waals surface area contributed by atoms with Gasteiger partial charge >= 0.3 is 6.18 Å². The van der Waals surface area contributed by atoms with E-state index in [1.165, 1.54) is 12.1 Å². The van der Waals surface area contributed by atoms with Crippen LogP contribution in [0.5, 0.6) is 0 Å². The SMILES string of the molecule is C=CC(=O)NCCC(=O)NCC(O)c1ccccc1C(F)(F)F. The highest BCUT2D eigenvalue weighted by Crippen LogP contribution is 2.34. The molecule has 1 unspecified atom stereocenters. The second kappa shape index (κ2) is 8.33. The van der Waals surface area contributed by atoms with E-state index in [9.17, 15) is 27.9 Å². The van der Waals surface area contributed by atoms with Gasteiger partial charge in [0.2, 0.25) is 11.8 Å². The lowest BCUT2D eigenvalue weighted by Gasteiger charge is -2.17. The first-order valence-electron chi connectivity index (χ1n) is 6.77. The molecule has 0 saturated heterocycles. The van der Waals surface area contributed by atoms with E-state index >= 15 is 0 Å². The molecule has 0 heterocycles. The summed E-state index contributed by atoms with van der Waals surface area (Å²) in [6, 6.07) is 4.62. The van der Waals surface area contributed by atoms with Crippen LogP contribution >= 0.6 is 0 Å². The van der Waals surface area contributed by atoms with Crippen molar-refractivity contribution in [3.8, 4) is 0 Å². The summed E-state index contributed by atoms with van der Waals surface area (Å²) in [6.45, 7) is 2.94. The molecule has 0 radical (unpaired) electrons. The lowest BCUT2D eigenvalue weighted by atomic mass is 10.0. The molecular weight excluding hydrogens is 313 g/mol. The predicted octanol–water partition coefficient (Wildman–Crippen LogP) is 1.55. The van der Waals surface area contributed by atoms with Crippen LogP contribution in [-0.4, -0.2) is 30.0 Å². The van der Waals surface area contributed by atoms with Crippen molar-refractivity contribution in [1.82, 2.24) is 10.6 Å². The topological polar surface area (TPSA) is 78.4 Å². The van der Waals surface area contributed by atoms with Crippen molar-refractivity contribution < 1.29 is 27.9 Å². The molecule has 0 aliphatic rings. The van der Waals surface area contributed by atoms with E-state index in [0.29, 0.717) is 0 Å². The largest absolute Gasteiger partial charge is 0.416 e. The fourth-order valence-electron chi connectivity index (χ4n) is 1.83. The van der Waals surface area contributed by atoms with Crippen LogP contribution in [0.3, 0.4) is 0 Å². The Morgan fingerprint density at radius 2 is 1.91 bits per heavy atom. The number of aliphatic hydroxyl groups is 1. The van der Waals surface area contributed by atoms with Gasteiger partial charge in [-0.05, 0) is 17.7 Å². The fourth-order valence-corrected chi connectivity index (χ4v) is 1.83. The van der Waals surface area contributed by atoms with Crippen LogP contribution in [0.15, 0.2) is 36.9 Å². The molecule has 126 valence electrons. The van der Waals surface area contributed by atoms with Gasteiger partial charge in [0.1, 0.15) is 0 Å². The predicted molar refractivity (Wildman–Crippen MR) is 77.2 cm³/mol. The number of hydrogen-bond donors (Lipinski definition) is 3. The molecule has 5 nitrogen and oxygen atoms in total. The molecule has 2 amide bonds. The van der Waals surface area contributed by atoms with Crippen LogP contribution in [0.4, 0.5) is 13.2 Å². The Morgan fingerprint density at radius 1 is 1.26 bits per heavy atom. The maximum atomic E-state index is 12.8. The molecule has 1 atom stereocenters. The summed E-state index contributed by atoms with van der Waals surface area (Å²) in [4.78, 5) is 22.4. The first kappa shape index (κ1) is 18.7. The summed E-state index contributed by atoms with van der Waals surface area (Å²) in [5, 5.41) is 14.6. The van der Waals surface area contributed by atoms with Gasteiger partial charge in [-0.3, -0.25) is 9.59 Å². The highest BCUT2D eigenvalue weighted by atomic mass is 19.4. The molecule has 0 bridgehead atoms. The van der Waals surface area contributed by atoms with E-state index in [1.54, 1.807) is 0 Å². The number of carbonyl (C=O) groups excluding carboxylic acids is 2. The maximum Gasteiger partial charge on any atom is 0.416 e. The Bertz CT molecular complexity index is 573. The number of amides is 2. The summed E-state index contributed by atoms with van der Waals surface area (Å²) >= 11 is 0. The van der Waals surface area contributed by atoms with E-state index < -0.39 is 29.7 Å². The Hall–Kier alpha value is -2.35. The van der Waals surface area contributed by atoms with Gasteiger partial charge < -0.3 is 15.7 Å². The lowest BCUT2D eigenvalue weighted by Crippen LogP contribution is -2.32. The zero-order valence-electron chi connectivity index (χ0n) is 12.2. The van der Waals surface area contributed by atoms with Gasteiger partial charge in [0.15, 0.2) is 0 Å². The molecular formula is C15H17F3N2O3. The number of aliphatic hydroxyl groups excluding tert-OH is 1. The zero-order chi connectivity index (χ0) is 17.5. The van der Waals surface area contributed by atoms with Crippen molar-refractivity contribution in [2.45, 2.75) is 18.7 Å². The second-order valence-corrected chi connectivity index (χ2v) is 4.65. The average Bonchev–Trinajstić information content (AvgIpc) is 2.51. The average molecular weight is 330 g/mol. The van der Waals surface area contributed by atoms with E-state index in [1.807, 2.05) is 0 Å². The van der Waals surface area contributed by atoms with Crippen molar-refractivity contribution in [3.63, 3.8) is 0 Å². The quantitative estimate of drug-likeness (QED) is 0.664. The molecule has 0 aliphatic carbocycles. The Labute approximate surface area is 131 Å². The molecule has 0 aliphatic heterocycles. The molecule has 0 aromatic heterocycles. The van der Waals surface area contributed by atoms with Crippen molar-refractivity contribution >= 4 is 11.8 Å². The van der Waals surface area contributed by atoms with Gasteiger partial charge in [-0.15, -0.1) is 0 Å². The number of benzene rings is 1. The zero-order valence-corrected chi connectivity index (χ0v) is 12.2. The van der Waals surface area contributed by atoms with Crippen LogP contribution < -0.4 is 10.6 Å². The lowest BCUT2D eigenvalue weighted by molar-refractivity contribution is -0.139. The van der Waals surface area contributed by atoms with Gasteiger partial charge in [-0.2, -0.15) is 13.2 Å². The van der Waals surface area contributed by atoms with Gasteiger partial charge in [-0.1, -0.05) is 24.8 Å². The third-order valence-electron chi connectivity index (χ3n) is 2.95. The summed E-state index contributed by atoms with van der Waals surface area (Å²) in [6.07, 6.45) is -5.08. The van der Waals surface area contributed by atoms with Crippen LogP contribution in [0, 0.1) is 0 Å². The van der Waals surface area contributed by atoms with Gasteiger partial charge in [0.05, 0.1) is 11.7 Å². The molecule has 0 fully saturated rings. The van der Waals surface area contributed by atoms with Gasteiger partial charge in [-0.25, -0.2) is 0 Å². The number of alkyl halides is 3. The summed E-state index contributed by atoms with van der Waals surface area (Å²) in [7, 11) is 0. The number of halogens is 3. The summed E-state index contributed by atoms with van der Waals surface area (Å²) < 4.78 is 38.5. The Balaban J connectivity index is 2.54. The minimum Gasteiger partial charge on any atom is -0.387 e.